The SMILES string of the molecule is CSc1ccc(/C=C/C(=O)OCC(=O)N(C)[C@@H]2CCS(=O)(=O)C2)cc1. The van der Waals surface area contributed by atoms with E-state index in [2.05, 4.69) is 0 Å². The second-order valence-corrected chi connectivity index (χ2v) is 8.88. The molecule has 0 radical (unpaired) electrons. The van der Waals surface area contributed by atoms with Gasteiger partial charge in [-0.3, -0.25) is 4.79 Å². The van der Waals surface area contributed by atoms with Crippen LogP contribution < -0.4 is 0 Å². The maximum atomic E-state index is 12.0. The highest BCUT2D eigenvalue weighted by Crippen LogP contribution is 2.17. The summed E-state index contributed by atoms with van der Waals surface area (Å²) in [5, 5.41) is 0. The van der Waals surface area contributed by atoms with Crippen molar-refractivity contribution < 1.29 is 22.7 Å². The molecule has 1 atom stereocenters. The van der Waals surface area contributed by atoms with Crippen LogP contribution in [0.4, 0.5) is 0 Å². The zero-order chi connectivity index (χ0) is 18.4. The summed E-state index contributed by atoms with van der Waals surface area (Å²) >= 11 is 1.63. The molecule has 1 saturated heterocycles. The highest BCUT2D eigenvalue weighted by atomic mass is 32.2. The van der Waals surface area contributed by atoms with Crippen LogP contribution in [-0.4, -0.2) is 62.7 Å². The molecule has 1 aliphatic rings. The molecule has 0 bridgehead atoms. The van der Waals surface area contributed by atoms with Gasteiger partial charge in [0, 0.05) is 24.1 Å². The molecule has 0 N–H and O–H groups in total. The van der Waals surface area contributed by atoms with Gasteiger partial charge in [0.2, 0.25) is 0 Å². The van der Waals surface area contributed by atoms with Crippen molar-refractivity contribution in [2.24, 2.45) is 0 Å². The van der Waals surface area contributed by atoms with Gasteiger partial charge in [-0.1, -0.05) is 12.1 Å². The molecule has 2 rings (SSSR count). The fourth-order valence-electron chi connectivity index (χ4n) is 2.45. The van der Waals surface area contributed by atoms with Gasteiger partial charge in [-0.25, -0.2) is 13.2 Å². The number of hydrogen-bond acceptors (Lipinski definition) is 6. The maximum Gasteiger partial charge on any atom is 0.331 e. The largest absolute Gasteiger partial charge is 0.452 e. The number of likely N-dealkylation sites (N-methyl/N-ethyl adjacent to an activating group) is 1. The Morgan fingerprint density at radius 1 is 1.32 bits per heavy atom. The van der Waals surface area contributed by atoms with E-state index in [9.17, 15) is 18.0 Å². The molecule has 1 fully saturated rings. The lowest BCUT2D eigenvalue weighted by Crippen LogP contribution is -2.40. The average molecular weight is 383 g/mol. The van der Waals surface area contributed by atoms with Gasteiger partial charge in [-0.2, -0.15) is 0 Å². The van der Waals surface area contributed by atoms with Crippen molar-refractivity contribution in [3.05, 3.63) is 35.9 Å². The van der Waals surface area contributed by atoms with Crippen LogP contribution in [0.15, 0.2) is 35.2 Å². The number of amides is 1. The molecule has 1 aromatic carbocycles. The van der Waals surface area contributed by atoms with E-state index in [1.807, 2.05) is 30.5 Å². The number of ether oxygens (including phenoxy) is 1. The molecule has 1 heterocycles. The summed E-state index contributed by atoms with van der Waals surface area (Å²) < 4.78 is 27.9. The second kappa shape index (κ2) is 8.53. The lowest BCUT2D eigenvalue weighted by Gasteiger charge is -2.22. The molecule has 0 unspecified atom stereocenters. The Bertz CT molecular complexity index is 756. The third kappa shape index (κ3) is 5.89. The van der Waals surface area contributed by atoms with Crippen LogP contribution in [-0.2, 0) is 24.2 Å². The Labute approximate surface area is 152 Å². The molecule has 0 spiro atoms. The molecule has 25 heavy (non-hydrogen) atoms. The van der Waals surface area contributed by atoms with Crippen LogP contribution in [0.5, 0.6) is 0 Å². The lowest BCUT2D eigenvalue weighted by atomic mass is 10.2. The predicted molar refractivity (Wildman–Crippen MR) is 98.0 cm³/mol. The van der Waals surface area contributed by atoms with Crippen molar-refractivity contribution in [3.63, 3.8) is 0 Å². The zero-order valence-electron chi connectivity index (χ0n) is 14.2. The molecule has 0 aliphatic carbocycles. The van der Waals surface area contributed by atoms with Crippen molar-refractivity contribution in [1.82, 2.24) is 4.90 Å². The highest BCUT2D eigenvalue weighted by Gasteiger charge is 2.32. The fourth-order valence-corrected chi connectivity index (χ4v) is 4.63. The average Bonchev–Trinajstić information content (AvgIpc) is 2.97. The maximum absolute atomic E-state index is 12.0. The van der Waals surface area contributed by atoms with E-state index in [0.29, 0.717) is 6.42 Å². The monoisotopic (exact) mass is 383 g/mol. The van der Waals surface area contributed by atoms with Gasteiger partial charge in [0.05, 0.1) is 11.5 Å². The number of hydrogen-bond donors (Lipinski definition) is 0. The van der Waals surface area contributed by atoms with Gasteiger partial charge in [-0.15, -0.1) is 11.8 Å². The van der Waals surface area contributed by atoms with Crippen molar-refractivity contribution >= 4 is 39.6 Å². The Kier molecular flexibility index (Phi) is 6.66. The van der Waals surface area contributed by atoms with Crippen LogP contribution in [0, 0.1) is 0 Å². The molecule has 1 amide bonds. The van der Waals surface area contributed by atoms with Crippen LogP contribution in [0.1, 0.15) is 12.0 Å². The Morgan fingerprint density at radius 2 is 2.00 bits per heavy atom. The van der Waals surface area contributed by atoms with Crippen LogP contribution in [0.25, 0.3) is 6.08 Å². The van der Waals surface area contributed by atoms with Crippen molar-refractivity contribution in [1.29, 1.82) is 0 Å². The fraction of sp³-hybridized carbons (Fsp3) is 0.412. The third-order valence-electron chi connectivity index (χ3n) is 4.02. The van der Waals surface area contributed by atoms with Crippen LogP contribution in [0.3, 0.4) is 0 Å². The van der Waals surface area contributed by atoms with E-state index < -0.39 is 28.3 Å². The minimum Gasteiger partial charge on any atom is -0.452 e. The van der Waals surface area contributed by atoms with Gasteiger partial charge >= 0.3 is 5.97 Å². The Hall–Kier alpha value is -1.80. The topological polar surface area (TPSA) is 80.8 Å². The first-order valence-corrected chi connectivity index (χ1v) is 10.8. The second-order valence-electron chi connectivity index (χ2n) is 5.78. The van der Waals surface area contributed by atoms with Gasteiger partial charge in [0.15, 0.2) is 16.4 Å². The lowest BCUT2D eigenvalue weighted by molar-refractivity contribution is -0.148. The van der Waals surface area contributed by atoms with E-state index in [1.54, 1.807) is 17.8 Å². The summed E-state index contributed by atoms with van der Waals surface area (Å²) in [4.78, 5) is 26.2. The standard InChI is InChI=1S/C17H21NO5S2/c1-18(14-9-10-25(21,22)12-14)16(19)11-23-17(20)8-5-13-3-6-15(24-2)7-4-13/h3-8,14H,9-12H2,1-2H3/b8-5+/t14-/m1/s1. The van der Waals surface area contributed by atoms with E-state index in [4.69, 9.17) is 4.74 Å². The van der Waals surface area contributed by atoms with Crippen molar-refractivity contribution in [2.75, 3.05) is 31.4 Å². The number of esters is 1. The summed E-state index contributed by atoms with van der Waals surface area (Å²) in [6.45, 7) is -0.401. The molecular weight excluding hydrogens is 362 g/mol. The molecule has 8 heteroatoms. The number of carbonyl (C=O) groups is 2. The van der Waals surface area contributed by atoms with E-state index in [1.165, 1.54) is 18.0 Å². The first-order valence-electron chi connectivity index (χ1n) is 7.76. The number of benzene rings is 1. The zero-order valence-corrected chi connectivity index (χ0v) is 15.8. The number of sulfone groups is 1. The quantitative estimate of drug-likeness (QED) is 0.422. The first-order chi connectivity index (χ1) is 11.8. The predicted octanol–water partition coefficient (Wildman–Crippen LogP) is 1.61. The van der Waals surface area contributed by atoms with Crippen molar-refractivity contribution in [3.8, 4) is 0 Å². The number of rotatable bonds is 6. The van der Waals surface area contributed by atoms with Crippen LogP contribution in [0.2, 0.25) is 0 Å². The first kappa shape index (κ1) is 19.5. The molecule has 6 nitrogen and oxygen atoms in total. The smallest absolute Gasteiger partial charge is 0.331 e. The molecule has 0 saturated carbocycles. The summed E-state index contributed by atoms with van der Waals surface area (Å²) in [7, 11) is -1.53. The molecular formula is C17H21NO5S2. The minimum atomic E-state index is -3.06. The van der Waals surface area contributed by atoms with E-state index in [-0.39, 0.29) is 17.5 Å². The minimum absolute atomic E-state index is 0.0326. The summed E-state index contributed by atoms with van der Waals surface area (Å²) in [6, 6.07) is 7.32. The Balaban J connectivity index is 1.80. The molecule has 136 valence electrons. The van der Waals surface area contributed by atoms with Gasteiger partial charge < -0.3 is 9.64 Å². The van der Waals surface area contributed by atoms with E-state index >= 15 is 0 Å². The normalized spacial score (nSPS) is 19.0. The summed E-state index contributed by atoms with van der Waals surface area (Å²) in [5.41, 5.74) is 0.856. The number of carbonyl (C=O) groups excluding carboxylic acids is 2. The molecule has 1 aromatic rings. The summed E-state index contributed by atoms with van der Waals surface area (Å²) in [5.74, 6) is -0.967. The number of thioether (sulfide) groups is 1. The third-order valence-corrected chi connectivity index (χ3v) is 6.51. The van der Waals surface area contributed by atoms with Gasteiger partial charge in [0.1, 0.15) is 0 Å². The summed E-state index contributed by atoms with van der Waals surface area (Å²) in [6.07, 6.45) is 5.28. The highest BCUT2D eigenvalue weighted by molar-refractivity contribution is 7.98. The van der Waals surface area contributed by atoms with Crippen molar-refractivity contribution in [2.45, 2.75) is 17.4 Å². The van der Waals surface area contributed by atoms with Gasteiger partial charge in [0.25, 0.3) is 5.91 Å². The van der Waals surface area contributed by atoms with Crippen LogP contribution >= 0.6 is 11.8 Å². The molecule has 1 aliphatic heterocycles. The Morgan fingerprint density at radius 3 is 2.56 bits per heavy atom. The number of nitrogens with zero attached hydrogens (tertiary/aromatic N) is 1. The molecule has 0 aromatic heterocycles. The van der Waals surface area contributed by atoms with Gasteiger partial charge in [-0.05, 0) is 36.4 Å². The van der Waals surface area contributed by atoms with E-state index in [0.717, 1.165) is 10.5 Å².